The number of furan rings is 1. The molecule has 0 spiro atoms. The molecular weight excluding hydrogens is 791 g/mol. The summed E-state index contributed by atoms with van der Waals surface area (Å²) in [7, 11) is 0. The van der Waals surface area contributed by atoms with Crippen LogP contribution in [0.2, 0.25) is 0 Å². The number of fused-ring (bicyclic) bond motifs is 3. The summed E-state index contributed by atoms with van der Waals surface area (Å²) in [6.45, 7) is 18.3. The van der Waals surface area contributed by atoms with Crippen molar-refractivity contribution in [3.63, 3.8) is 0 Å². The van der Waals surface area contributed by atoms with Crippen LogP contribution in [0.15, 0.2) is 107 Å². The van der Waals surface area contributed by atoms with E-state index in [9.17, 15) is 0 Å². The molecule has 0 bridgehead atoms. The first-order valence-corrected chi connectivity index (χ1v) is 17.3. The molecule has 0 atom stereocenters. The van der Waals surface area contributed by atoms with Gasteiger partial charge in [0.1, 0.15) is 5.58 Å². The second kappa shape index (κ2) is 13.4. The van der Waals surface area contributed by atoms with Crippen LogP contribution in [0.25, 0.3) is 61.7 Å². The Bertz CT molecular complexity index is 2330. The molecule has 0 aliphatic carbocycles. The van der Waals surface area contributed by atoms with Crippen LogP contribution in [0.3, 0.4) is 0 Å². The second-order valence-electron chi connectivity index (χ2n) is 16.2. The van der Waals surface area contributed by atoms with Crippen LogP contribution >= 0.6 is 0 Å². The van der Waals surface area contributed by atoms with Gasteiger partial charge in [-0.05, 0) is 72.5 Å². The molecule has 0 N–H and O–H groups in total. The average Bonchev–Trinajstić information content (AvgIpc) is 3.64. The third kappa shape index (κ3) is 6.99. The van der Waals surface area contributed by atoms with Gasteiger partial charge in [-0.15, -0.1) is 54.1 Å². The molecule has 5 heteroatoms. The molecular formula is C45H45IrN3O-2. The largest absolute Gasteiger partial charge is 0.501 e. The Morgan fingerprint density at radius 3 is 2.28 bits per heavy atom. The molecule has 257 valence electrons. The van der Waals surface area contributed by atoms with Crippen LogP contribution in [-0.2, 0) is 32.1 Å². The van der Waals surface area contributed by atoms with E-state index in [1.807, 2.05) is 42.6 Å². The Kier molecular flexibility index (Phi) is 9.54. The normalized spacial score (nSPS) is 13.9. The van der Waals surface area contributed by atoms with Crippen molar-refractivity contribution in [1.29, 1.82) is 0 Å². The summed E-state index contributed by atoms with van der Waals surface area (Å²) in [5, 5.41) is 2.25. The summed E-state index contributed by atoms with van der Waals surface area (Å²) in [5.74, 6) is 1.01. The van der Waals surface area contributed by atoms with Crippen LogP contribution < -0.4 is 0 Å². The molecule has 0 amide bonds. The van der Waals surface area contributed by atoms with Gasteiger partial charge in [-0.25, -0.2) is 0 Å². The van der Waals surface area contributed by atoms with E-state index in [-0.39, 0.29) is 36.5 Å². The summed E-state index contributed by atoms with van der Waals surface area (Å²) < 4.78 is 8.53. The van der Waals surface area contributed by atoms with Gasteiger partial charge in [0.2, 0.25) is 0 Å². The number of rotatable bonds is 4. The minimum atomic E-state index is -0.116. The van der Waals surface area contributed by atoms with Gasteiger partial charge in [0.05, 0.1) is 28.0 Å². The Hall–Kier alpha value is -4.31. The molecule has 1 aliphatic heterocycles. The van der Waals surface area contributed by atoms with E-state index in [1.165, 1.54) is 22.2 Å². The monoisotopic (exact) mass is 836 g/mol. The van der Waals surface area contributed by atoms with Crippen molar-refractivity contribution in [3.05, 3.63) is 126 Å². The van der Waals surface area contributed by atoms with Gasteiger partial charge in [-0.2, -0.15) is 0 Å². The molecule has 4 aromatic carbocycles. The third-order valence-electron chi connectivity index (χ3n) is 9.21. The Morgan fingerprint density at radius 1 is 0.780 bits per heavy atom. The fraction of sp³-hybridized carbons (Fsp3) is 0.289. The molecule has 7 aromatic rings. The van der Waals surface area contributed by atoms with Crippen molar-refractivity contribution in [3.8, 4) is 22.6 Å². The zero-order valence-electron chi connectivity index (χ0n) is 30.3. The zero-order valence-corrected chi connectivity index (χ0v) is 32.7. The maximum absolute atomic E-state index is 6.11. The topological polar surface area (TPSA) is 43.9 Å². The summed E-state index contributed by atoms with van der Waals surface area (Å²) >= 11 is 0. The van der Waals surface area contributed by atoms with E-state index >= 15 is 0 Å². The number of hydrogen-bond donors (Lipinski definition) is 0. The molecule has 1 aliphatic rings. The molecule has 8 rings (SSSR count). The van der Waals surface area contributed by atoms with Gasteiger partial charge >= 0.3 is 0 Å². The smallest absolute Gasteiger partial charge is 0.120 e. The first-order chi connectivity index (χ1) is 23.3. The minimum absolute atomic E-state index is 0. The van der Waals surface area contributed by atoms with E-state index in [2.05, 4.69) is 138 Å². The molecule has 0 saturated heterocycles. The predicted octanol–water partition coefficient (Wildman–Crippen LogP) is 12.1. The van der Waals surface area contributed by atoms with E-state index in [4.69, 9.17) is 9.40 Å². The van der Waals surface area contributed by atoms with E-state index in [0.29, 0.717) is 0 Å². The van der Waals surface area contributed by atoms with Crippen molar-refractivity contribution in [2.24, 2.45) is 10.8 Å². The fourth-order valence-electron chi connectivity index (χ4n) is 7.09. The van der Waals surface area contributed by atoms with Crippen LogP contribution in [0.4, 0.5) is 0 Å². The molecule has 4 heterocycles. The number of para-hydroxylation sites is 2. The van der Waals surface area contributed by atoms with E-state index < -0.39 is 0 Å². The number of pyridine rings is 1. The first kappa shape index (κ1) is 35.5. The fourth-order valence-corrected chi connectivity index (χ4v) is 7.09. The number of nitrogens with zero attached hydrogens (tertiary/aromatic N) is 3. The van der Waals surface area contributed by atoms with Gasteiger partial charge < -0.3 is 14.0 Å². The second-order valence-corrected chi connectivity index (χ2v) is 16.2. The third-order valence-corrected chi connectivity index (χ3v) is 9.21. The SMILES string of the molecule is CC(C)(C)CC1=Cc2cccc3nc(-c4[c-]cccc4)n(c23)C1(C)C.CC(C)(C)Cc1ccnc(-c2[c-]ccc3c2oc2ccccc23)c1.[Ir]. The summed E-state index contributed by atoms with van der Waals surface area (Å²) in [4.78, 5) is 9.55. The molecule has 50 heavy (non-hydrogen) atoms. The van der Waals surface area contributed by atoms with Crippen molar-refractivity contribution >= 4 is 39.0 Å². The Morgan fingerprint density at radius 2 is 1.54 bits per heavy atom. The van der Waals surface area contributed by atoms with Crippen molar-refractivity contribution in [1.82, 2.24) is 14.5 Å². The predicted molar refractivity (Wildman–Crippen MR) is 204 cm³/mol. The number of hydrogen-bond acceptors (Lipinski definition) is 3. The number of benzene rings is 4. The Labute approximate surface area is 310 Å². The quantitative estimate of drug-likeness (QED) is 0.166. The summed E-state index contributed by atoms with van der Waals surface area (Å²) in [6.07, 6.45) is 6.34. The average molecular weight is 836 g/mol. The molecule has 0 fully saturated rings. The number of imidazole rings is 1. The molecule has 0 saturated carbocycles. The van der Waals surface area contributed by atoms with Crippen molar-refractivity contribution in [2.75, 3.05) is 0 Å². The Balaban J connectivity index is 0.000000170. The van der Waals surface area contributed by atoms with Crippen LogP contribution in [0, 0.1) is 23.0 Å². The van der Waals surface area contributed by atoms with Gasteiger partial charge in [0, 0.05) is 31.7 Å². The molecule has 3 aromatic heterocycles. The number of allylic oxidation sites excluding steroid dienone is 1. The van der Waals surface area contributed by atoms with Crippen LogP contribution in [-0.4, -0.2) is 14.5 Å². The minimum Gasteiger partial charge on any atom is -0.501 e. The van der Waals surface area contributed by atoms with Gasteiger partial charge in [-0.3, -0.25) is 4.98 Å². The van der Waals surface area contributed by atoms with Crippen LogP contribution in [0.5, 0.6) is 0 Å². The van der Waals surface area contributed by atoms with Gasteiger partial charge in [-0.1, -0.05) is 101 Å². The molecule has 4 nitrogen and oxygen atoms in total. The number of aromatic nitrogens is 3. The summed E-state index contributed by atoms with van der Waals surface area (Å²) in [6, 6.07) is 37.6. The van der Waals surface area contributed by atoms with E-state index in [1.54, 1.807) is 0 Å². The van der Waals surface area contributed by atoms with Crippen LogP contribution in [0.1, 0.15) is 72.9 Å². The molecule has 1 radical (unpaired) electrons. The molecule has 0 unspecified atom stereocenters. The van der Waals surface area contributed by atoms with Gasteiger partial charge in [0.15, 0.2) is 0 Å². The summed E-state index contributed by atoms with van der Waals surface area (Å²) in [5.41, 5.74) is 11.3. The standard InChI is InChI=1S/C23H25N2.C22H20NO.Ir/c1-22(2,3)15-18-14-17-12-9-13-19-20(17)25(23(18,4)5)21(24-19)16-10-7-6-8-11-16;1-22(2,3)14-15-11-12-23-19(13-15)18-9-6-8-17-16-7-4-5-10-20(16)24-21(17)18;/h6-10,12-14H,15H2,1-5H3;4-8,10-13H,14H2,1-3H3;/q2*-1;. The van der Waals surface area contributed by atoms with Crippen molar-refractivity contribution in [2.45, 2.75) is 73.8 Å². The first-order valence-electron chi connectivity index (χ1n) is 17.3. The van der Waals surface area contributed by atoms with Gasteiger partial charge in [0.25, 0.3) is 0 Å². The van der Waals surface area contributed by atoms with E-state index in [0.717, 1.165) is 62.9 Å². The van der Waals surface area contributed by atoms with Crippen molar-refractivity contribution < 1.29 is 24.5 Å². The zero-order chi connectivity index (χ0) is 34.6. The maximum Gasteiger partial charge on any atom is 0.120 e. The maximum atomic E-state index is 6.11.